The first-order valence-electron chi connectivity index (χ1n) is 8.84. The second-order valence-electron chi connectivity index (χ2n) is 6.62. The van der Waals surface area contributed by atoms with Crippen LogP contribution in [0.15, 0.2) is 60.8 Å². The van der Waals surface area contributed by atoms with Crippen LogP contribution >= 0.6 is 0 Å². The molecule has 1 saturated heterocycles. The van der Waals surface area contributed by atoms with Gasteiger partial charge < -0.3 is 10.0 Å². The molecule has 26 heavy (non-hydrogen) atoms. The van der Waals surface area contributed by atoms with Gasteiger partial charge in [-0.1, -0.05) is 36.4 Å². The molecule has 0 saturated carbocycles. The Bertz CT molecular complexity index is 933. The van der Waals surface area contributed by atoms with Crippen molar-refractivity contribution in [2.24, 2.45) is 0 Å². The standard InChI is InChI=1S/C21H21N3O2/c25-21(26)19-6-3-9-22-20(19)24-12-10-23(11-13-24)15-16-7-8-17-4-1-2-5-18(17)14-16/h1-9,14H,10-13,15H2,(H,25,26). The van der Waals surface area contributed by atoms with Crippen molar-refractivity contribution >= 4 is 22.6 Å². The summed E-state index contributed by atoms with van der Waals surface area (Å²) in [6.45, 7) is 4.26. The summed E-state index contributed by atoms with van der Waals surface area (Å²) in [5, 5.41) is 11.9. The van der Waals surface area contributed by atoms with E-state index < -0.39 is 5.97 Å². The zero-order valence-corrected chi connectivity index (χ0v) is 14.5. The predicted molar refractivity (Wildman–Crippen MR) is 103 cm³/mol. The van der Waals surface area contributed by atoms with Crippen LogP contribution in [0.25, 0.3) is 10.8 Å². The fourth-order valence-corrected chi connectivity index (χ4v) is 3.53. The summed E-state index contributed by atoms with van der Waals surface area (Å²) in [5.74, 6) is -0.350. The van der Waals surface area contributed by atoms with Crippen molar-refractivity contribution in [1.29, 1.82) is 0 Å². The SMILES string of the molecule is O=C(O)c1cccnc1N1CCN(Cc2ccc3ccccc3c2)CC1. The van der Waals surface area contributed by atoms with E-state index in [-0.39, 0.29) is 5.56 Å². The highest BCUT2D eigenvalue weighted by Gasteiger charge is 2.22. The van der Waals surface area contributed by atoms with Crippen molar-refractivity contribution in [3.8, 4) is 0 Å². The second-order valence-corrected chi connectivity index (χ2v) is 6.62. The molecule has 1 aromatic heterocycles. The van der Waals surface area contributed by atoms with E-state index >= 15 is 0 Å². The number of aromatic nitrogens is 1. The summed E-state index contributed by atoms with van der Waals surface area (Å²) in [6, 6.07) is 18.3. The predicted octanol–water partition coefficient (Wildman–Crippen LogP) is 3.26. The number of carbonyl (C=O) groups is 1. The molecule has 1 N–H and O–H groups in total. The number of rotatable bonds is 4. The highest BCUT2D eigenvalue weighted by Crippen LogP contribution is 2.21. The first-order chi connectivity index (χ1) is 12.7. The van der Waals surface area contributed by atoms with Crippen LogP contribution in [0.2, 0.25) is 0 Å². The maximum atomic E-state index is 11.4. The number of benzene rings is 2. The Morgan fingerprint density at radius 3 is 2.50 bits per heavy atom. The first-order valence-corrected chi connectivity index (χ1v) is 8.84. The average molecular weight is 347 g/mol. The third-order valence-electron chi connectivity index (χ3n) is 4.91. The van der Waals surface area contributed by atoms with Gasteiger partial charge in [0.2, 0.25) is 0 Å². The molecular weight excluding hydrogens is 326 g/mol. The van der Waals surface area contributed by atoms with Gasteiger partial charge in [-0.05, 0) is 34.5 Å². The number of hydrogen-bond acceptors (Lipinski definition) is 4. The van der Waals surface area contributed by atoms with Gasteiger partial charge in [-0.15, -0.1) is 0 Å². The number of anilines is 1. The van der Waals surface area contributed by atoms with Gasteiger partial charge in [0.25, 0.3) is 0 Å². The van der Waals surface area contributed by atoms with Crippen molar-refractivity contribution in [3.05, 3.63) is 71.9 Å². The number of fused-ring (bicyclic) bond motifs is 1. The number of pyridine rings is 1. The molecule has 1 aliphatic heterocycles. The largest absolute Gasteiger partial charge is 0.478 e. The van der Waals surface area contributed by atoms with Crippen molar-refractivity contribution in [2.75, 3.05) is 31.1 Å². The Balaban J connectivity index is 1.43. The third kappa shape index (κ3) is 3.39. The second kappa shape index (κ2) is 7.14. The average Bonchev–Trinajstić information content (AvgIpc) is 2.68. The number of aromatic carboxylic acids is 1. The van der Waals surface area contributed by atoms with E-state index in [4.69, 9.17) is 0 Å². The molecule has 5 nitrogen and oxygen atoms in total. The van der Waals surface area contributed by atoms with Crippen LogP contribution in [0.1, 0.15) is 15.9 Å². The number of piperazine rings is 1. The topological polar surface area (TPSA) is 56.7 Å². The van der Waals surface area contributed by atoms with Crippen LogP contribution in [0.3, 0.4) is 0 Å². The van der Waals surface area contributed by atoms with Gasteiger partial charge in [-0.3, -0.25) is 4.90 Å². The smallest absolute Gasteiger partial charge is 0.339 e. The van der Waals surface area contributed by atoms with Gasteiger partial charge in [0.05, 0.1) is 0 Å². The molecule has 0 unspecified atom stereocenters. The Hall–Kier alpha value is -2.92. The van der Waals surface area contributed by atoms with E-state index in [2.05, 4.69) is 57.2 Å². The minimum atomic E-state index is -0.924. The van der Waals surface area contributed by atoms with Crippen molar-refractivity contribution in [3.63, 3.8) is 0 Å². The van der Waals surface area contributed by atoms with Gasteiger partial charge >= 0.3 is 5.97 Å². The lowest BCUT2D eigenvalue weighted by atomic mass is 10.1. The zero-order chi connectivity index (χ0) is 17.9. The van der Waals surface area contributed by atoms with Crippen LogP contribution in [0.4, 0.5) is 5.82 Å². The molecule has 1 aliphatic rings. The lowest BCUT2D eigenvalue weighted by molar-refractivity contribution is 0.0697. The maximum absolute atomic E-state index is 11.4. The molecule has 132 valence electrons. The minimum absolute atomic E-state index is 0.274. The number of carboxylic acids is 1. The molecule has 0 radical (unpaired) electrons. The summed E-state index contributed by atoms with van der Waals surface area (Å²) < 4.78 is 0. The summed E-state index contributed by atoms with van der Waals surface area (Å²) in [4.78, 5) is 20.2. The fourth-order valence-electron chi connectivity index (χ4n) is 3.53. The molecule has 2 heterocycles. The van der Waals surface area contributed by atoms with Crippen LogP contribution in [0.5, 0.6) is 0 Å². The van der Waals surface area contributed by atoms with E-state index in [1.807, 2.05) is 0 Å². The Kier molecular flexibility index (Phi) is 4.54. The van der Waals surface area contributed by atoms with Gasteiger partial charge in [0.1, 0.15) is 11.4 Å². The van der Waals surface area contributed by atoms with Crippen LogP contribution < -0.4 is 4.90 Å². The van der Waals surface area contributed by atoms with E-state index in [1.165, 1.54) is 16.3 Å². The van der Waals surface area contributed by atoms with Crippen LogP contribution in [-0.4, -0.2) is 47.1 Å². The molecular formula is C21H21N3O2. The van der Waals surface area contributed by atoms with Crippen LogP contribution in [-0.2, 0) is 6.54 Å². The molecule has 0 amide bonds. The molecule has 5 heteroatoms. The van der Waals surface area contributed by atoms with Crippen molar-refractivity contribution in [1.82, 2.24) is 9.88 Å². The molecule has 0 bridgehead atoms. The Labute approximate surface area is 152 Å². The summed E-state index contributed by atoms with van der Waals surface area (Å²) in [6.07, 6.45) is 1.66. The summed E-state index contributed by atoms with van der Waals surface area (Å²) in [7, 11) is 0. The molecule has 4 rings (SSSR count). The van der Waals surface area contributed by atoms with E-state index in [0.717, 1.165) is 32.7 Å². The fraction of sp³-hybridized carbons (Fsp3) is 0.238. The molecule has 3 aromatic rings. The van der Waals surface area contributed by atoms with Gasteiger partial charge in [0.15, 0.2) is 0 Å². The molecule has 1 fully saturated rings. The van der Waals surface area contributed by atoms with Crippen molar-refractivity contribution in [2.45, 2.75) is 6.54 Å². The Morgan fingerprint density at radius 2 is 1.73 bits per heavy atom. The highest BCUT2D eigenvalue weighted by molar-refractivity contribution is 5.93. The Morgan fingerprint density at radius 1 is 0.962 bits per heavy atom. The minimum Gasteiger partial charge on any atom is -0.478 e. The van der Waals surface area contributed by atoms with Crippen LogP contribution in [0, 0.1) is 0 Å². The third-order valence-corrected chi connectivity index (χ3v) is 4.91. The van der Waals surface area contributed by atoms with Crippen molar-refractivity contribution < 1.29 is 9.90 Å². The van der Waals surface area contributed by atoms with Gasteiger partial charge in [-0.2, -0.15) is 0 Å². The van der Waals surface area contributed by atoms with E-state index in [0.29, 0.717) is 5.82 Å². The maximum Gasteiger partial charge on any atom is 0.339 e. The van der Waals surface area contributed by atoms with E-state index in [9.17, 15) is 9.90 Å². The number of nitrogens with zero attached hydrogens (tertiary/aromatic N) is 3. The molecule has 0 aliphatic carbocycles. The highest BCUT2D eigenvalue weighted by atomic mass is 16.4. The molecule has 2 aromatic carbocycles. The molecule has 0 spiro atoms. The lowest BCUT2D eigenvalue weighted by Crippen LogP contribution is -2.46. The number of hydrogen-bond donors (Lipinski definition) is 1. The number of carboxylic acid groups (broad SMARTS) is 1. The normalized spacial score (nSPS) is 15.3. The molecule has 0 atom stereocenters. The van der Waals surface area contributed by atoms with Gasteiger partial charge in [-0.25, -0.2) is 9.78 Å². The monoisotopic (exact) mass is 347 g/mol. The summed E-state index contributed by atoms with van der Waals surface area (Å²) >= 11 is 0. The zero-order valence-electron chi connectivity index (χ0n) is 14.5. The quantitative estimate of drug-likeness (QED) is 0.785. The summed E-state index contributed by atoms with van der Waals surface area (Å²) in [5.41, 5.74) is 1.58. The van der Waals surface area contributed by atoms with E-state index in [1.54, 1.807) is 18.3 Å². The lowest BCUT2D eigenvalue weighted by Gasteiger charge is -2.35. The first kappa shape index (κ1) is 16.5. The van der Waals surface area contributed by atoms with Gasteiger partial charge in [0, 0.05) is 38.9 Å².